The summed E-state index contributed by atoms with van der Waals surface area (Å²) in [7, 11) is 1.84. The number of aryl methyl sites for hydroxylation is 1. The molecule has 0 fully saturated rings. The maximum absolute atomic E-state index is 13.7. The van der Waals surface area contributed by atoms with Crippen molar-refractivity contribution in [2.24, 2.45) is 7.05 Å². The molecular weight excluding hydrogens is 243 g/mol. The highest BCUT2D eigenvalue weighted by molar-refractivity contribution is 5.78. The van der Waals surface area contributed by atoms with Crippen molar-refractivity contribution in [3.63, 3.8) is 0 Å². The van der Waals surface area contributed by atoms with E-state index in [4.69, 9.17) is 0 Å². The standard InChI is InChI=1S/C15H17FN2O/c1-15(2,3)14-12(8-18(4)17-14)10-5-6-11(9-19)13(16)7-10/h5-9H,1-4H3. The Morgan fingerprint density at radius 2 is 2.00 bits per heavy atom. The summed E-state index contributed by atoms with van der Waals surface area (Å²) in [5, 5.41) is 4.46. The lowest BCUT2D eigenvalue weighted by atomic mass is 9.87. The first-order chi connectivity index (χ1) is 8.82. The summed E-state index contributed by atoms with van der Waals surface area (Å²) in [6, 6.07) is 4.63. The van der Waals surface area contributed by atoms with Crippen molar-refractivity contribution in [3.05, 3.63) is 41.5 Å². The third-order valence-electron chi connectivity index (χ3n) is 2.98. The molecule has 0 radical (unpaired) electrons. The van der Waals surface area contributed by atoms with E-state index in [1.807, 2.05) is 13.2 Å². The van der Waals surface area contributed by atoms with Crippen LogP contribution in [0.1, 0.15) is 36.8 Å². The fourth-order valence-electron chi connectivity index (χ4n) is 2.04. The third kappa shape index (κ3) is 2.57. The molecule has 0 saturated carbocycles. The minimum Gasteiger partial charge on any atom is -0.298 e. The highest BCUT2D eigenvalue weighted by Crippen LogP contribution is 2.32. The van der Waals surface area contributed by atoms with E-state index in [2.05, 4.69) is 25.9 Å². The third-order valence-corrected chi connectivity index (χ3v) is 2.98. The van der Waals surface area contributed by atoms with Crippen LogP contribution in [0.2, 0.25) is 0 Å². The lowest BCUT2D eigenvalue weighted by Gasteiger charge is -2.17. The van der Waals surface area contributed by atoms with Crippen molar-refractivity contribution in [1.82, 2.24) is 9.78 Å². The van der Waals surface area contributed by atoms with Crippen LogP contribution in [0.15, 0.2) is 24.4 Å². The molecule has 3 nitrogen and oxygen atoms in total. The van der Waals surface area contributed by atoms with Gasteiger partial charge in [0.25, 0.3) is 0 Å². The summed E-state index contributed by atoms with van der Waals surface area (Å²) in [5.74, 6) is -0.504. The first-order valence-corrected chi connectivity index (χ1v) is 6.12. The summed E-state index contributed by atoms with van der Waals surface area (Å²) in [5.41, 5.74) is 2.49. The van der Waals surface area contributed by atoms with E-state index < -0.39 is 5.82 Å². The lowest BCUT2D eigenvalue weighted by molar-refractivity contribution is 0.112. The van der Waals surface area contributed by atoms with Gasteiger partial charge in [-0.05, 0) is 17.7 Å². The van der Waals surface area contributed by atoms with Gasteiger partial charge < -0.3 is 0 Å². The average molecular weight is 260 g/mol. The number of aldehydes is 1. The Kier molecular flexibility index (Phi) is 3.27. The maximum atomic E-state index is 13.7. The topological polar surface area (TPSA) is 34.9 Å². The minimum absolute atomic E-state index is 0.0740. The van der Waals surface area contributed by atoms with Crippen LogP contribution < -0.4 is 0 Å². The molecule has 1 heterocycles. The van der Waals surface area contributed by atoms with Crippen LogP contribution in [0.25, 0.3) is 11.1 Å². The highest BCUT2D eigenvalue weighted by Gasteiger charge is 2.23. The van der Waals surface area contributed by atoms with Crippen molar-refractivity contribution in [1.29, 1.82) is 0 Å². The Morgan fingerprint density at radius 3 is 2.53 bits per heavy atom. The van der Waals surface area contributed by atoms with Gasteiger partial charge in [-0.3, -0.25) is 9.48 Å². The molecule has 2 rings (SSSR count). The van der Waals surface area contributed by atoms with Crippen molar-refractivity contribution in [2.75, 3.05) is 0 Å². The number of carbonyl (C=O) groups excluding carboxylic acids is 1. The zero-order chi connectivity index (χ0) is 14.2. The number of aromatic nitrogens is 2. The quantitative estimate of drug-likeness (QED) is 0.776. The predicted octanol–water partition coefficient (Wildman–Crippen LogP) is 3.34. The second-order valence-corrected chi connectivity index (χ2v) is 5.67. The molecule has 100 valence electrons. The molecule has 0 aliphatic rings. The second-order valence-electron chi connectivity index (χ2n) is 5.67. The Balaban J connectivity index is 2.59. The molecule has 1 aromatic heterocycles. The summed E-state index contributed by atoms with van der Waals surface area (Å²) in [4.78, 5) is 10.6. The number of nitrogens with zero attached hydrogens (tertiary/aromatic N) is 2. The molecule has 0 saturated heterocycles. The van der Waals surface area contributed by atoms with Gasteiger partial charge in [-0.25, -0.2) is 4.39 Å². The van der Waals surface area contributed by atoms with Crippen molar-refractivity contribution in [3.8, 4) is 11.1 Å². The maximum Gasteiger partial charge on any atom is 0.152 e. The SMILES string of the molecule is Cn1cc(-c2ccc(C=O)c(F)c2)c(C(C)(C)C)n1. The van der Waals surface area contributed by atoms with Crippen LogP contribution in [-0.4, -0.2) is 16.1 Å². The summed E-state index contributed by atoms with van der Waals surface area (Å²) >= 11 is 0. The molecule has 0 aliphatic heterocycles. The molecule has 0 bridgehead atoms. The highest BCUT2D eigenvalue weighted by atomic mass is 19.1. The Hall–Kier alpha value is -1.97. The van der Waals surface area contributed by atoms with Gasteiger partial charge in [0.15, 0.2) is 6.29 Å². The van der Waals surface area contributed by atoms with Crippen molar-refractivity contribution >= 4 is 6.29 Å². The van der Waals surface area contributed by atoms with Gasteiger partial charge in [-0.1, -0.05) is 26.8 Å². The van der Waals surface area contributed by atoms with Gasteiger partial charge in [-0.2, -0.15) is 5.10 Å². The van der Waals surface area contributed by atoms with Crippen molar-refractivity contribution in [2.45, 2.75) is 26.2 Å². The van der Waals surface area contributed by atoms with Crippen LogP contribution in [0.4, 0.5) is 4.39 Å². The summed E-state index contributed by atoms with van der Waals surface area (Å²) in [6.07, 6.45) is 2.39. The fraction of sp³-hybridized carbons (Fsp3) is 0.333. The zero-order valence-electron chi connectivity index (χ0n) is 11.6. The average Bonchev–Trinajstić information content (AvgIpc) is 2.71. The van der Waals surface area contributed by atoms with Gasteiger partial charge in [0.1, 0.15) is 5.82 Å². The van der Waals surface area contributed by atoms with Gasteiger partial charge in [-0.15, -0.1) is 0 Å². The predicted molar refractivity (Wildman–Crippen MR) is 72.7 cm³/mol. The van der Waals surface area contributed by atoms with Crippen LogP contribution in [0.5, 0.6) is 0 Å². The number of halogens is 1. The minimum atomic E-state index is -0.504. The second kappa shape index (κ2) is 4.61. The van der Waals surface area contributed by atoms with E-state index in [9.17, 15) is 9.18 Å². The number of carbonyl (C=O) groups is 1. The van der Waals surface area contributed by atoms with Gasteiger partial charge in [0, 0.05) is 24.2 Å². The molecule has 0 unspecified atom stereocenters. The van der Waals surface area contributed by atoms with E-state index in [0.717, 1.165) is 16.8 Å². The number of hydrogen-bond acceptors (Lipinski definition) is 2. The Labute approximate surface area is 112 Å². The molecular formula is C15H17FN2O. The summed E-state index contributed by atoms with van der Waals surface area (Å²) in [6.45, 7) is 6.19. The van der Waals surface area contributed by atoms with Crippen LogP contribution in [0.3, 0.4) is 0 Å². The van der Waals surface area contributed by atoms with Crippen LogP contribution in [0, 0.1) is 5.82 Å². The lowest BCUT2D eigenvalue weighted by Crippen LogP contribution is -2.13. The Morgan fingerprint density at radius 1 is 1.32 bits per heavy atom. The largest absolute Gasteiger partial charge is 0.298 e. The molecule has 4 heteroatoms. The molecule has 0 aliphatic carbocycles. The van der Waals surface area contributed by atoms with Crippen LogP contribution >= 0.6 is 0 Å². The zero-order valence-corrected chi connectivity index (χ0v) is 11.6. The van der Waals surface area contributed by atoms with E-state index in [1.54, 1.807) is 10.7 Å². The number of rotatable bonds is 2. The number of hydrogen-bond donors (Lipinski definition) is 0. The van der Waals surface area contributed by atoms with Crippen molar-refractivity contribution < 1.29 is 9.18 Å². The van der Waals surface area contributed by atoms with E-state index in [0.29, 0.717) is 6.29 Å². The van der Waals surface area contributed by atoms with E-state index in [1.165, 1.54) is 12.1 Å². The normalized spacial score (nSPS) is 11.6. The van der Waals surface area contributed by atoms with Gasteiger partial charge in [0.05, 0.1) is 11.3 Å². The first kappa shape index (κ1) is 13.5. The Bertz CT molecular complexity index is 624. The van der Waals surface area contributed by atoms with Crippen LogP contribution in [-0.2, 0) is 12.5 Å². The molecule has 0 amide bonds. The molecule has 0 N–H and O–H groups in total. The molecule has 1 aromatic carbocycles. The van der Waals surface area contributed by atoms with Gasteiger partial charge in [0.2, 0.25) is 0 Å². The molecule has 0 atom stereocenters. The van der Waals surface area contributed by atoms with E-state index >= 15 is 0 Å². The fourth-order valence-corrected chi connectivity index (χ4v) is 2.04. The summed E-state index contributed by atoms with van der Waals surface area (Å²) < 4.78 is 15.4. The van der Waals surface area contributed by atoms with Gasteiger partial charge >= 0.3 is 0 Å². The molecule has 0 spiro atoms. The first-order valence-electron chi connectivity index (χ1n) is 6.12. The molecule has 2 aromatic rings. The monoisotopic (exact) mass is 260 g/mol. The van der Waals surface area contributed by atoms with E-state index in [-0.39, 0.29) is 11.0 Å². The number of benzene rings is 1. The smallest absolute Gasteiger partial charge is 0.152 e. The molecule has 19 heavy (non-hydrogen) atoms.